The minimum Gasteiger partial charge on any atom is -0.492 e. The molecule has 0 aliphatic carbocycles. The van der Waals surface area contributed by atoms with Gasteiger partial charge in [0.1, 0.15) is 5.75 Å². The zero-order valence-electron chi connectivity index (χ0n) is 11.1. The number of rotatable bonds is 7. The number of methoxy groups -OCH3 is 1. The molecule has 0 aliphatic heterocycles. The smallest absolute Gasteiger partial charge is 0.137 e. The second-order valence-electron chi connectivity index (χ2n) is 4.01. The van der Waals surface area contributed by atoms with Gasteiger partial charge in [0.2, 0.25) is 0 Å². The van der Waals surface area contributed by atoms with Gasteiger partial charge in [-0.15, -0.1) is 0 Å². The van der Waals surface area contributed by atoms with Gasteiger partial charge >= 0.3 is 0 Å². The highest BCUT2D eigenvalue weighted by Crippen LogP contribution is 2.22. The summed E-state index contributed by atoms with van der Waals surface area (Å²) < 4.78 is 10.7. The monoisotopic (exact) mass is 238 g/mol. The highest BCUT2D eigenvalue weighted by Gasteiger charge is 2.14. The Morgan fingerprint density at radius 1 is 1.41 bits per heavy atom. The molecule has 0 bridgehead atoms. The fourth-order valence-electron chi connectivity index (χ4n) is 1.72. The van der Waals surface area contributed by atoms with Crippen LogP contribution in [-0.4, -0.2) is 31.9 Å². The zero-order chi connectivity index (χ0) is 12.7. The molecule has 0 aliphatic rings. The Morgan fingerprint density at radius 3 is 2.76 bits per heavy atom. The standard InChI is InChI=1S/C13H22N2O2/c1-5-17-12-7-11(8-15-9-12)13(14-3)6-10(2)16-4/h7-10,13-14H,5-6H2,1-4H3. The molecule has 4 heteroatoms. The van der Waals surface area contributed by atoms with Crippen molar-refractivity contribution < 1.29 is 9.47 Å². The molecule has 0 amide bonds. The molecule has 0 saturated heterocycles. The maximum absolute atomic E-state index is 5.45. The van der Waals surface area contributed by atoms with Crippen LogP contribution in [0.4, 0.5) is 0 Å². The van der Waals surface area contributed by atoms with Gasteiger partial charge in [0.05, 0.1) is 18.9 Å². The Bertz CT molecular complexity index is 331. The second kappa shape index (κ2) is 7.25. The van der Waals surface area contributed by atoms with Crippen LogP contribution in [0, 0.1) is 0 Å². The summed E-state index contributed by atoms with van der Waals surface area (Å²) in [6.07, 6.45) is 4.72. The summed E-state index contributed by atoms with van der Waals surface area (Å²) in [6.45, 7) is 4.68. The number of hydrogen-bond acceptors (Lipinski definition) is 4. The molecule has 1 rings (SSSR count). The first kappa shape index (κ1) is 13.9. The van der Waals surface area contributed by atoms with Crippen molar-refractivity contribution in [2.45, 2.75) is 32.4 Å². The highest BCUT2D eigenvalue weighted by atomic mass is 16.5. The van der Waals surface area contributed by atoms with Crippen LogP contribution in [0.2, 0.25) is 0 Å². The highest BCUT2D eigenvalue weighted by molar-refractivity contribution is 5.26. The predicted molar refractivity (Wildman–Crippen MR) is 68.3 cm³/mol. The van der Waals surface area contributed by atoms with Crippen molar-refractivity contribution in [3.63, 3.8) is 0 Å². The van der Waals surface area contributed by atoms with E-state index >= 15 is 0 Å². The maximum Gasteiger partial charge on any atom is 0.137 e. The zero-order valence-corrected chi connectivity index (χ0v) is 11.1. The van der Waals surface area contributed by atoms with E-state index in [0.29, 0.717) is 6.61 Å². The molecule has 1 aromatic rings. The molecule has 96 valence electrons. The Hall–Kier alpha value is -1.13. The van der Waals surface area contributed by atoms with Crippen LogP contribution in [-0.2, 0) is 4.74 Å². The summed E-state index contributed by atoms with van der Waals surface area (Å²) in [4.78, 5) is 4.20. The van der Waals surface area contributed by atoms with Gasteiger partial charge < -0.3 is 14.8 Å². The average Bonchev–Trinajstić information content (AvgIpc) is 2.36. The summed E-state index contributed by atoms with van der Waals surface area (Å²) in [6, 6.07) is 2.26. The largest absolute Gasteiger partial charge is 0.492 e. The molecule has 0 radical (unpaired) electrons. The number of aromatic nitrogens is 1. The third-order valence-corrected chi connectivity index (χ3v) is 2.77. The number of nitrogens with one attached hydrogen (secondary N) is 1. The van der Waals surface area contributed by atoms with E-state index in [2.05, 4.69) is 17.2 Å². The van der Waals surface area contributed by atoms with Gasteiger partial charge in [-0.25, -0.2) is 0 Å². The van der Waals surface area contributed by atoms with E-state index in [1.54, 1.807) is 13.3 Å². The van der Waals surface area contributed by atoms with Crippen molar-refractivity contribution in [2.75, 3.05) is 20.8 Å². The molecule has 0 fully saturated rings. The fourth-order valence-corrected chi connectivity index (χ4v) is 1.72. The first-order chi connectivity index (χ1) is 8.21. The van der Waals surface area contributed by atoms with Crippen molar-refractivity contribution in [3.8, 4) is 5.75 Å². The third kappa shape index (κ3) is 4.32. The summed E-state index contributed by atoms with van der Waals surface area (Å²) in [7, 11) is 3.67. The lowest BCUT2D eigenvalue weighted by Crippen LogP contribution is -2.22. The lowest BCUT2D eigenvalue weighted by Gasteiger charge is -2.20. The number of ether oxygens (including phenoxy) is 2. The molecule has 1 heterocycles. The molecule has 0 spiro atoms. The number of hydrogen-bond donors (Lipinski definition) is 1. The molecule has 1 aromatic heterocycles. The molecular formula is C13H22N2O2. The number of pyridine rings is 1. The van der Waals surface area contributed by atoms with Crippen molar-refractivity contribution in [1.82, 2.24) is 10.3 Å². The summed E-state index contributed by atoms with van der Waals surface area (Å²) in [5, 5.41) is 3.28. The van der Waals surface area contributed by atoms with Crippen molar-refractivity contribution in [1.29, 1.82) is 0 Å². The summed E-state index contributed by atoms with van der Waals surface area (Å²) in [5.74, 6) is 0.815. The Morgan fingerprint density at radius 2 is 2.18 bits per heavy atom. The van der Waals surface area contributed by atoms with Crippen LogP contribution in [0.1, 0.15) is 31.9 Å². The van der Waals surface area contributed by atoms with Crippen molar-refractivity contribution in [2.24, 2.45) is 0 Å². The van der Waals surface area contributed by atoms with Gasteiger partial charge in [-0.3, -0.25) is 4.98 Å². The Labute approximate surface area is 103 Å². The number of nitrogens with zero attached hydrogens (tertiary/aromatic N) is 1. The quantitative estimate of drug-likeness (QED) is 0.790. The molecule has 0 saturated carbocycles. The predicted octanol–water partition coefficient (Wildman–Crippen LogP) is 2.17. The van der Waals surface area contributed by atoms with E-state index in [4.69, 9.17) is 9.47 Å². The van der Waals surface area contributed by atoms with Gasteiger partial charge in [-0.2, -0.15) is 0 Å². The van der Waals surface area contributed by atoms with Gasteiger partial charge in [-0.1, -0.05) is 0 Å². The minimum atomic E-state index is 0.211. The lowest BCUT2D eigenvalue weighted by atomic mass is 10.0. The van der Waals surface area contributed by atoms with Crippen LogP contribution in [0.3, 0.4) is 0 Å². The van der Waals surface area contributed by atoms with E-state index < -0.39 is 0 Å². The van der Waals surface area contributed by atoms with E-state index in [1.807, 2.05) is 26.2 Å². The van der Waals surface area contributed by atoms with E-state index in [-0.39, 0.29) is 12.1 Å². The summed E-state index contributed by atoms with van der Waals surface area (Å²) in [5.41, 5.74) is 1.13. The maximum atomic E-state index is 5.45. The first-order valence-corrected chi connectivity index (χ1v) is 5.99. The second-order valence-corrected chi connectivity index (χ2v) is 4.01. The SMILES string of the molecule is CCOc1cncc(C(CC(C)OC)NC)c1. The summed E-state index contributed by atoms with van der Waals surface area (Å²) >= 11 is 0. The molecule has 2 atom stereocenters. The first-order valence-electron chi connectivity index (χ1n) is 5.99. The van der Waals surface area contributed by atoms with Gasteiger partial charge in [0, 0.05) is 19.3 Å². The Kier molecular flexibility index (Phi) is 5.94. The molecular weight excluding hydrogens is 216 g/mol. The molecule has 17 heavy (non-hydrogen) atoms. The normalized spacial score (nSPS) is 14.4. The van der Waals surface area contributed by atoms with E-state index in [1.165, 1.54) is 0 Å². The van der Waals surface area contributed by atoms with Crippen molar-refractivity contribution >= 4 is 0 Å². The van der Waals surface area contributed by atoms with Gasteiger partial charge in [-0.05, 0) is 38.9 Å². The minimum absolute atomic E-state index is 0.211. The van der Waals surface area contributed by atoms with Crippen LogP contribution >= 0.6 is 0 Å². The third-order valence-electron chi connectivity index (χ3n) is 2.77. The Balaban J connectivity index is 2.76. The molecule has 2 unspecified atom stereocenters. The van der Waals surface area contributed by atoms with Gasteiger partial charge in [0.15, 0.2) is 0 Å². The lowest BCUT2D eigenvalue weighted by molar-refractivity contribution is 0.101. The molecule has 1 N–H and O–H groups in total. The van der Waals surface area contributed by atoms with Crippen LogP contribution in [0.25, 0.3) is 0 Å². The van der Waals surface area contributed by atoms with E-state index in [0.717, 1.165) is 17.7 Å². The average molecular weight is 238 g/mol. The van der Waals surface area contributed by atoms with E-state index in [9.17, 15) is 0 Å². The molecule has 4 nitrogen and oxygen atoms in total. The van der Waals surface area contributed by atoms with Crippen LogP contribution < -0.4 is 10.1 Å². The van der Waals surface area contributed by atoms with Gasteiger partial charge in [0.25, 0.3) is 0 Å². The molecule has 0 aromatic carbocycles. The van der Waals surface area contributed by atoms with Crippen LogP contribution in [0.5, 0.6) is 5.75 Å². The van der Waals surface area contributed by atoms with Crippen molar-refractivity contribution in [3.05, 3.63) is 24.0 Å². The van der Waals surface area contributed by atoms with Crippen LogP contribution in [0.15, 0.2) is 18.5 Å². The fraction of sp³-hybridized carbons (Fsp3) is 0.615. The topological polar surface area (TPSA) is 43.4 Å².